The van der Waals surface area contributed by atoms with E-state index >= 15 is 0 Å². The maximum Gasteiger partial charge on any atom is 0.258 e. The number of methoxy groups -OCH3 is 1. The molecule has 0 bridgehead atoms. The number of aromatic nitrogens is 2. The number of nitrogens with zero attached hydrogens (tertiary/aromatic N) is 2. The molecule has 6 heteroatoms. The number of benzene rings is 1. The van der Waals surface area contributed by atoms with Crippen LogP contribution in [0.3, 0.4) is 0 Å². The van der Waals surface area contributed by atoms with Crippen molar-refractivity contribution in [3.63, 3.8) is 0 Å². The second-order valence-electron chi connectivity index (χ2n) is 6.26. The van der Waals surface area contributed by atoms with E-state index in [2.05, 4.69) is 26.7 Å². The molecule has 6 nitrogen and oxygen atoms in total. The van der Waals surface area contributed by atoms with Gasteiger partial charge >= 0.3 is 0 Å². The molecule has 0 saturated heterocycles. The van der Waals surface area contributed by atoms with Gasteiger partial charge in [0.25, 0.3) is 5.91 Å². The Morgan fingerprint density at radius 1 is 1.15 bits per heavy atom. The molecule has 136 valence electrons. The lowest BCUT2D eigenvalue weighted by Crippen LogP contribution is -2.14. The smallest absolute Gasteiger partial charge is 0.258 e. The van der Waals surface area contributed by atoms with Crippen molar-refractivity contribution in [2.45, 2.75) is 32.1 Å². The van der Waals surface area contributed by atoms with Gasteiger partial charge in [-0.05, 0) is 56.4 Å². The zero-order valence-corrected chi connectivity index (χ0v) is 15.0. The van der Waals surface area contributed by atoms with E-state index < -0.39 is 0 Å². The highest BCUT2D eigenvalue weighted by Crippen LogP contribution is 2.20. The van der Waals surface area contributed by atoms with Crippen LogP contribution < -0.4 is 15.4 Å². The van der Waals surface area contributed by atoms with Gasteiger partial charge in [0.05, 0.1) is 12.7 Å². The second kappa shape index (κ2) is 8.99. The van der Waals surface area contributed by atoms with Gasteiger partial charge in [-0.2, -0.15) is 0 Å². The zero-order chi connectivity index (χ0) is 18.2. The van der Waals surface area contributed by atoms with Crippen molar-refractivity contribution in [1.29, 1.82) is 0 Å². The minimum Gasteiger partial charge on any atom is -0.497 e. The summed E-state index contributed by atoms with van der Waals surface area (Å²) in [6, 6.07) is 7.16. The Morgan fingerprint density at radius 3 is 2.58 bits per heavy atom. The van der Waals surface area contributed by atoms with Gasteiger partial charge in [-0.3, -0.25) is 4.79 Å². The van der Waals surface area contributed by atoms with Gasteiger partial charge in [0.2, 0.25) is 5.95 Å². The van der Waals surface area contributed by atoms with Crippen molar-refractivity contribution >= 4 is 17.5 Å². The zero-order valence-electron chi connectivity index (χ0n) is 15.0. The molecule has 2 aromatic rings. The molecular formula is C20H24N4O2. The first-order chi connectivity index (χ1) is 12.7. The van der Waals surface area contributed by atoms with Crippen molar-refractivity contribution in [2.75, 3.05) is 24.3 Å². The number of ether oxygens (including phenoxy) is 1. The summed E-state index contributed by atoms with van der Waals surface area (Å²) in [5.41, 5.74) is 2.62. The van der Waals surface area contributed by atoms with Crippen molar-refractivity contribution in [3.8, 4) is 5.75 Å². The number of carbonyl (C=O) groups excluding carboxylic acids is 1. The van der Waals surface area contributed by atoms with Gasteiger partial charge in [-0.15, -0.1) is 0 Å². The minimum atomic E-state index is -0.242. The van der Waals surface area contributed by atoms with E-state index in [0.29, 0.717) is 17.2 Å². The molecule has 26 heavy (non-hydrogen) atoms. The molecule has 0 fully saturated rings. The third-order valence-electron chi connectivity index (χ3n) is 4.38. The summed E-state index contributed by atoms with van der Waals surface area (Å²) in [5, 5.41) is 6.02. The van der Waals surface area contributed by atoms with Crippen LogP contribution in [0.2, 0.25) is 0 Å². The van der Waals surface area contributed by atoms with Gasteiger partial charge in [0.1, 0.15) is 5.75 Å². The predicted octanol–water partition coefficient (Wildman–Crippen LogP) is 4.04. The molecule has 1 amide bonds. The molecule has 0 aliphatic heterocycles. The maximum absolute atomic E-state index is 12.3. The third-order valence-corrected chi connectivity index (χ3v) is 4.38. The van der Waals surface area contributed by atoms with E-state index in [1.807, 2.05) is 0 Å². The molecule has 1 aliphatic rings. The van der Waals surface area contributed by atoms with Crippen LogP contribution in [0, 0.1) is 0 Å². The van der Waals surface area contributed by atoms with Gasteiger partial charge in [0, 0.05) is 24.6 Å². The molecule has 1 heterocycles. The SMILES string of the molecule is COc1ccc(NC(=O)c2cnc(NCCC3=CCCCC3)nc2)cc1. The molecule has 3 rings (SSSR count). The summed E-state index contributed by atoms with van der Waals surface area (Å²) in [4.78, 5) is 20.7. The first-order valence-electron chi connectivity index (χ1n) is 8.94. The monoisotopic (exact) mass is 352 g/mol. The molecule has 1 aromatic heterocycles. The van der Waals surface area contributed by atoms with Crippen LogP contribution in [0.5, 0.6) is 5.75 Å². The van der Waals surface area contributed by atoms with Crippen LogP contribution in [-0.4, -0.2) is 29.5 Å². The number of anilines is 2. The average Bonchev–Trinajstić information content (AvgIpc) is 2.70. The van der Waals surface area contributed by atoms with Crippen molar-refractivity contribution in [3.05, 3.63) is 53.9 Å². The Kier molecular flexibility index (Phi) is 6.19. The van der Waals surface area contributed by atoms with E-state index in [1.165, 1.54) is 43.7 Å². The number of nitrogens with one attached hydrogen (secondary N) is 2. The molecule has 0 saturated carbocycles. The Hall–Kier alpha value is -2.89. The number of carbonyl (C=O) groups is 1. The van der Waals surface area contributed by atoms with Gasteiger partial charge < -0.3 is 15.4 Å². The summed E-state index contributed by atoms with van der Waals surface area (Å²) in [7, 11) is 1.60. The Balaban J connectivity index is 1.49. The lowest BCUT2D eigenvalue weighted by atomic mass is 9.97. The highest BCUT2D eigenvalue weighted by Gasteiger charge is 2.08. The molecule has 0 unspecified atom stereocenters. The quantitative estimate of drug-likeness (QED) is 0.736. The fourth-order valence-electron chi connectivity index (χ4n) is 2.88. The predicted molar refractivity (Wildman–Crippen MR) is 103 cm³/mol. The normalized spacial score (nSPS) is 13.7. The minimum absolute atomic E-state index is 0.242. The van der Waals surface area contributed by atoms with Crippen LogP contribution in [0.25, 0.3) is 0 Å². The van der Waals surface area contributed by atoms with E-state index in [4.69, 9.17) is 4.74 Å². The fraction of sp³-hybridized carbons (Fsp3) is 0.350. The van der Waals surface area contributed by atoms with Crippen molar-refractivity contribution in [2.24, 2.45) is 0 Å². The van der Waals surface area contributed by atoms with Crippen LogP contribution in [-0.2, 0) is 0 Å². The van der Waals surface area contributed by atoms with Gasteiger partial charge in [-0.1, -0.05) is 11.6 Å². The molecule has 0 atom stereocenters. The highest BCUT2D eigenvalue weighted by atomic mass is 16.5. The van der Waals surface area contributed by atoms with Crippen LogP contribution in [0.4, 0.5) is 11.6 Å². The van der Waals surface area contributed by atoms with Gasteiger partial charge in [-0.25, -0.2) is 9.97 Å². The topological polar surface area (TPSA) is 76.1 Å². The first-order valence-corrected chi connectivity index (χ1v) is 8.94. The standard InChI is InChI=1S/C20H24N4O2/c1-26-18-9-7-17(8-10-18)24-19(25)16-13-22-20(23-14-16)21-12-11-15-5-3-2-4-6-15/h5,7-10,13-14H,2-4,6,11-12H2,1H3,(H,24,25)(H,21,22,23). The summed E-state index contributed by atoms with van der Waals surface area (Å²) in [5.74, 6) is 1.04. The summed E-state index contributed by atoms with van der Waals surface area (Å²) in [6.07, 6.45) is 11.4. The molecule has 2 N–H and O–H groups in total. The molecular weight excluding hydrogens is 328 g/mol. The Morgan fingerprint density at radius 2 is 1.92 bits per heavy atom. The van der Waals surface area contributed by atoms with E-state index in [0.717, 1.165) is 18.7 Å². The van der Waals surface area contributed by atoms with Crippen molar-refractivity contribution < 1.29 is 9.53 Å². The Labute approximate surface area is 153 Å². The van der Waals surface area contributed by atoms with E-state index in [-0.39, 0.29) is 5.91 Å². The number of hydrogen-bond donors (Lipinski definition) is 2. The van der Waals surface area contributed by atoms with E-state index in [9.17, 15) is 4.79 Å². The molecule has 0 radical (unpaired) electrons. The number of allylic oxidation sites excluding steroid dienone is 1. The fourth-order valence-corrected chi connectivity index (χ4v) is 2.88. The summed E-state index contributed by atoms with van der Waals surface area (Å²) >= 11 is 0. The van der Waals surface area contributed by atoms with E-state index in [1.54, 1.807) is 31.4 Å². The summed E-state index contributed by atoms with van der Waals surface area (Å²) < 4.78 is 5.10. The lowest BCUT2D eigenvalue weighted by molar-refractivity contribution is 0.102. The average molecular weight is 352 g/mol. The highest BCUT2D eigenvalue weighted by molar-refractivity contribution is 6.03. The Bertz CT molecular complexity index is 754. The van der Waals surface area contributed by atoms with Crippen molar-refractivity contribution in [1.82, 2.24) is 9.97 Å². The van der Waals surface area contributed by atoms with Gasteiger partial charge in [0.15, 0.2) is 0 Å². The van der Waals surface area contributed by atoms with Crippen LogP contribution in [0.15, 0.2) is 48.3 Å². The number of amides is 1. The summed E-state index contributed by atoms with van der Waals surface area (Å²) in [6.45, 7) is 0.809. The largest absolute Gasteiger partial charge is 0.497 e. The maximum atomic E-state index is 12.3. The van der Waals surface area contributed by atoms with Crippen LogP contribution >= 0.6 is 0 Å². The second-order valence-corrected chi connectivity index (χ2v) is 6.26. The number of rotatable bonds is 7. The molecule has 1 aliphatic carbocycles. The number of hydrogen-bond acceptors (Lipinski definition) is 5. The lowest BCUT2D eigenvalue weighted by Gasteiger charge is -2.12. The first kappa shape index (κ1) is 17.9. The third kappa shape index (κ3) is 5.05. The molecule has 1 aromatic carbocycles. The van der Waals surface area contributed by atoms with Crippen LogP contribution in [0.1, 0.15) is 42.5 Å². The molecule has 0 spiro atoms.